The van der Waals surface area contributed by atoms with Crippen molar-refractivity contribution in [2.75, 3.05) is 0 Å². The number of carbonyl (C=O) groups excluding carboxylic acids is 1. The second-order valence-corrected chi connectivity index (χ2v) is 10.6. The van der Waals surface area contributed by atoms with Crippen molar-refractivity contribution in [3.63, 3.8) is 0 Å². The number of benzene rings is 2. The number of rotatable bonds is 8. The van der Waals surface area contributed by atoms with Gasteiger partial charge in [-0.3, -0.25) is 35.0 Å². The molecule has 0 spiro atoms. The van der Waals surface area contributed by atoms with Crippen LogP contribution >= 0.6 is 22.7 Å². The van der Waals surface area contributed by atoms with Crippen molar-refractivity contribution >= 4 is 60.3 Å². The van der Waals surface area contributed by atoms with Gasteiger partial charge in [0.2, 0.25) is 5.78 Å². The Morgan fingerprint density at radius 1 is 0.667 bits per heavy atom. The summed E-state index contributed by atoms with van der Waals surface area (Å²) in [6, 6.07) is 12.1. The van der Waals surface area contributed by atoms with E-state index in [1.165, 1.54) is 24.5 Å². The molecule has 208 valence electrons. The first kappa shape index (κ1) is 26.8. The summed E-state index contributed by atoms with van der Waals surface area (Å²) in [5.74, 6) is -2.27. The fourth-order valence-corrected chi connectivity index (χ4v) is 6.05. The summed E-state index contributed by atoms with van der Waals surface area (Å²) in [6.45, 7) is 0. The summed E-state index contributed by atoms with van der Waals surface area (Å²) in [5.41, 5.74) is -0.0128. The molecular formula is C27H12F2N4O7S2. The maximum absolute atomic E-state index is 14.4. The molecule has 42 heavy (non-hydrogen) atoms. The predicted molar refractivity (Wildman–Crippen MR) is 149 cm³/mol. The summed E-state index contributed by atoms with van der Waals surface area (Å²) >= 11 is 2.13. The summed E-state index contributed by atoms with van der Waals surface area (Å²) in [6.07, 6.45) is 2.85. The average Bonchev–Trinajstić information content (AvgIpc) is 3.60. The van der Waals surface area contributed by atoms with E-state index >= 15 is 0 Å². The summed E-state index contributed by atoms with van der Waals surface area (Å²) in [7, 11) is 0. The first-order valence-corrected chi connectivity index (χ1v) is 13.4. The van der Waals surface area contributed by atoms with Gasteiger partial charge in [0.1, 0.15) is 11.5 Å². The van der Waals surface area contributed by atoms with Crippen LogP contribution in [0.4, 0.5) is 20.2 Å². The van der Waals surface area contributed by atoms with Gasteiger partial charge in [-0.2, -0.15) is 0 Å². The third kappa shape index (κ3) is 4.97. The Labute approximate surface area is 240 Å². The zero-order valence-electron chi connectivity index (χ0n) is 20.6. The lowest BCUT2D eigenvalue weighted by molar-refractivity contribution is -0.385. The van der Waals surface area contributed by atoms with Crippen molar-refractivity contribution in [1.82, 2.24) is 9.97 Å². The highest BCUT2D eigenvalue weighted by atomic mass is 32.1. The van der Waals surface area contributed by atoms with Gasteiger partial charge in [0.05, 0.1) is 52.2 Å². The van der Waals surface area contributed by atoms with Crippen LogP contribution in [0.25, 0.3) is 20.4 Å². The molecule has 2 aromatic carbocycles. The van der Waals surface area contributed by atoms with Gasteiger partial charge in [-0.15, -0.1) is 22.7 Å². The number of carbonyl (C=O) groups is 1. The smallest absolute Gasteiger partial charge is 0.272 e. The first-order chi connectivity index (χ1) is 20.2. The van der Waals surface area contributed by atoms with Gasteiger partial charge in [0.15, 0.2) is 23.1 Å². The van der Waals surface area contributed by atoms with Crippen molar-refractivity contribution < 1.29 is 32.9 Å². The maximum Gasteiger partial charge on any atom is 0.272 e. The van der Waals surface area contributed by atoms with Crippen LogP contribution in [0, 0.1) is 31.9 Å². The van der Waals surface area contributed by atoms with Gasteiger partial charge >= 0.3 is 0 Å². The number of halogens is 2. The van der Waals surface area contributed by atoms with E-state index in [1.807, 2.05) is 0 Å². The van der Waals surface area contributed by atoms with Gasteiger partial charge in [-0.05, 0) is 24.3 Å². The molecule has 0 radical (unpaired) electrons. The van der Waals surface area contributed by atoms with Crippen molar-refractivity contribution in [2.45, 2.75) is 0 Å². The predicted octanol–water partition coefficient (Wildman–Crippen LogP) is 7.82. The molecule has 0 saturated carbocycles. The lowest BCUT2D eigenvalue weighted by Crippen LogP contribution is -1.94. The van der Waals surface area contributed by atoms with E-state index in [0.717, 1.165) is 59.1 Å². The van der Waals surface area contributed by atoms with Gasteiger partial charge in [0, 0.05) is 36.7 Å². The topological polar surface area (TPSA) is 148 Å². The fraction of sp³-hybridized carbons (Fsp3) is 0. The summed E-state index contributed by atoms with van der Waals surface area (Å²) < 4.78 is 41.1. The van der Waals surface area contributed by atoms with Crippen LogP contribution in [0.15, 0.2) is 73.1 Å². The SMILES string of the molecule is O=C(c1cc2nccc(Oc3ccc([N+](=O)[O-])cc3F)c2s1)c1cc2nccc(Oc3ccc([N+](=O)[O-])cc3F)c2s1. The fourth-order valence-electron chi connectivity index (χ4n) is 3.94. The van der Waals surface area contributed by atoms with Crippen molar-refractivity contribution in [1.29, 1.82) is 0 Å². The highest BCUT2D eigenvalue weighted by Gasteiger charge is 2.21. The Morgan fingerprint density at radius 3 is 1.48 bits per heavy atom. The Balaban J connectivity index is 1.30. The Hall–Kier alpha value is -5.41. The second kappa shape index (κ2) is 10.5. The van der Waals surface area contributed by atoms with Gasteiger partial charge in [-0.1, -0.05) is 0 Å². The van der Waals surface area contributed by atoms with Crippen LogP contribution in [0.2, 0.25) is 0 Å². The van der Waals surface area contributed by atoms with E-state index in [0.29, 0.717) is 30.2 Å². The van der Waals surface area contributed by atoms with E-state index in [9.17, 15) is 33.8 Å². The lowest BCUT2D eigenvalue weighted by Gasteiger charge is -2.07. The summed E-state index contributed by atoms with van der Waals surface area (Å²) in [5, 5.41) is 21.8. The minimum absolute atomic E-state index is 0.204. The molecule has 0 N–H and O–H groups in total. The van der Waals surface area contributed by atoms with Crippen LogP contribution in [0.1, 0.15) is 14.5 Å². The van der Waals surface area contributed by atoms with E-state index in [1.54, 1.807) is 12.1 Å². The van der Waals surface area contributed by atoms with Crippen LogP contribution in [-0.2, 0) is 0 Å². The molecule has 0 bridgehead atoms. The van der Waals surface area contributed by atoms with Gasteiger partial charge in [-0.25, -0.2) is 8.78 Å². The Morgan fingerprint density at radius 2 is 1.10 bits per heavy atom. The van der Waals surface area contributed by atoms with E-state index < -0.39 is 32.9 Å². The minimum atomic E-state index is -0.925. The number of aromatic nitrogens is 2. The van der Waals surface area contributed by atoms with Crippen molar-refractivity contribution in [2.24, 2.45) is 0 Å². The largest absolute Gasteiger partial charge is 0.453 e. The molecule has 0 atom stereocenters. The molecular weight excluding hydrogens is 594 g/mol. The highest BCUT2D eigenvalue weighted by molar-refractivity contribution is 7.24. The minimum Gasteiger partial charge on any atom is -0.453 e. The molecule has 6 aromatic rings. The number of thiophene rings is 2. The number of pyridine rings is 2. The summed E-state index contributed by atoms with van der Waals surface area (Å²) in [4.78, 5) is 42.9. The number of hydrogen-bond acceptors (Lipinski definition) is 11. The van der Waals surface area contributed by atoms with Crippen LogP contribution in [0.5, 0.6) is 23.0 Å². The quantitative estimate of drug-likeness (QED) is 0.0960. The number of nitro groups is 2. The van der Waals surface area contributed by atoms with Crippen LogP contribution in [0.3, 0.4) is 0 Å². The molecule has 0 aliphatic heterocycles. The molecule has 15 heteroatoms. The zero-order chi connectivity index (χ0) is 29.5. The molecule has 0 amide bonds. The van der Waals surface area contributed by atoms with Crippen LogP contribution < -0.4 is 9.47 Å². The third-order valence-electron chi connectivity index (χ3n) is 5.89. The maximum atomic E-state index is 14.4. The lowest BCUT2D eigenvalue weighted by atomic mass is 10.2. The first-order valence-electron chi connectivity index (χ1n) is 11.7. The van der Waals surface area contributed by atoms with Crippen molar-refractivity contribution in [3.8, 4) is 23.0 Å². The highest BCUT2D eigenvalue weighted by Crippen LogP contribution is 2.40. The van der Waals surface area contributed by atoms with E-state index in [-0.39, 0.29) is 28.8 Å². The molecule has 0 aliphatic carbocycles. The third-order valence-corrected chi connectivity index (χ3v) is 8.17. The zero-order valence-corrected chi connectivity index (χ0v) is 22.3. The van der Waals surface area contributed by atoms with E-state index in [2.05, 4.69) is 9.97 Å². The number of fused-ring (bicyclic) bond motifs is 2. The number of ketones is 1. The Kier molecular flexibility index (Phi) is 6.72. The molecule has 0 saturated heterocycles. The molecule has 4 heterocycles. The number of ether oxygens (including phenoxy) is 2. The average molecular weight is 607 g/mol. The molecule has 0 fully saturated rings. The Bertz CT molecular complexity index is 1930. The number of nitro benzene ring substituents is 2. The second-order valence-electron chi connectivity index (χ2n) is 8.55. The number of non-ortho nitro benzene ring substituents is 2. The monoisotopic (exact) mass is 606 g/mol. The van der Waals surface area contributed by atoms with Gasteiger partial charge in [0.25, 0.3) is 11.4 Å². The standard InChI is InChI=1S/C27H12F2N4O7S2/c28-15-9-13(32(35)36)1-3-19(15)39-21-5-7-30-17-11-23(41-26(17)21)25(34)24-12-18-27(42-24)22(6-8-31-18)40-20-4-2-14(33(37)38)10-16(20)29/h1-12H. The molecule has 0 unspecified atom stereocenters. The molecule has 4 aromatic heterocycles. The number of hydrogen-bond donors (Lipinski definition) is 0. The normalized spacial score (nSPS) is 11.1. The molecule has 0 aliphatic rings. The van der Waals surface area contributed by atoms with Crippen molar-refractivity contribution in [3.05, 3.63) is 115 Å². The van der Waals surface area contributed by atoms with Gasteiger partial charge < -0.3 is 9.47 Å². The van der Waals surface area contributed by atoms with E-state index in [4.69, 9.17) is 9.47 Å². The number of nitrogens with zero attached hydrogens (tertiary/aromatic N) is 4. The van der Waals surface area contributed by atoms with Crippen LogP contribution in [-0.4, -0.2) is 25.6 Å². The molecule has 6 rings (SSSR count). The molecule has 11 nitrogen and oxygen atoms in total.